The van der Waals surface area contributed by atoms with Gasteiger partial charge in [0.25, 0.3) is 11.7 Å². The first-order valence-corrected chi connectivity index (χ1v) is 9.84. The van der Waals surface area contributed by atoms with Crippen LogP contribution in [0.5, 0.6) is 0 Å². The van der Waals surface area contributed by atoms with Crippen molar-refractivity contribution in [1.29, 1.82) is 0 Å². The van der Waals surface area contributed by atoms with Gasteiger partial charge in [-0.3, -0.25) is 14.6 Å². The summed E-state index contributed by atoms with van der Waals surface area (Å²) in [6.07, 6.45) is 3.86. The first-order chi connectivity index (χ1) is 13.9. The second-order valence-corrected chi connectivity index (χ2v) is 7.50. The van der Waals surface area contributed by atoms with Crippen molar-refractivity contribution in [2.75, 3.05) is 13.2 Å². The van der Waals surface area contributed by atoms with Crippen LogP contribution in [0.2, 0.25) is 5.02 Å². The van der Waals surface area contributed by atoms with Crippen LogP contribution in [-0.4, -0.2) is 45.9 Å². The van der Waals surface area contributed by atoms with Crippen LogP contribution in [0.3, 0.4) is 0 Å². The highest BCUT2D eigenvalue weighted by Gasteiger charge is 2.45. The third kappa shape index (κ3) is 4.66. The molecule has 3 rings (SSSR count). The van der Waals surface area contributed by atoms with Gasteiger partial charge in [0.05, 0.1) is 17.7 Å². The molecule has 0 aliphatic carbocycles. The Morgan fingerprint density at radius 1 is 1.28 bits per heavy atom. The molecular weight excluding hydrogens is 392 g/mol. The number of amides is 1. The molecule has 29 heavy (non-hydrogen) atoms. The van der Waals surface area contributed by atoms with Crippen molar-refractivity contribution in [2.24, 2.45) is 0 Å². The fourth-order valence-electron chi connectivity index (χ4n) is 3.34. The maximum atomic E-state index is 12.8. The van der Waals surface area contributed by atoms with Crippen LogP contribution in [0.1, 0.15) is 37.4 Å². The van der Waals surface area contributed by atoms with Crippen molar-refractivity contribution in [2.45, 2.75) is 32.4 Å². The summed E-state index contributed by atoms with van der Waals surface area (Å²) in [6.45, 7) is 4.66. The zero-order chi connectivity index (χ0) is 21.0. The van der Waals surface area contributed by atoms with E-state index in [1.807, 2.05) is 13.8 Å². The first kappa shape index (κ1) is 21.0. The van der Waals surface area contributed by atoms with Gasteiger partial charge in [0, 0.05) is 36.1 Å². The Kier molecular flexibility index (Phi) is 6.67. The molecule has 1 fully saturated rings. The molecule has 1 atom stereocenters. The van der Waals surface area contributed by atoms with Gasteiger partial charge >= 0.3 is 0 Å². The summed E-state index contributed by atoms with van der Waals surface area (Å²) in [7, 11) is 0. The second kappa shape index (κ2) is 9.20. The number of ether oxygens (including phenoxy) is 1. The number of halogens is 1. The number of pyridine rings is 1. The van der Waals surface area contributed by atoms with Crippen molar-refractivity contribution in [1.82, 2.24) is 9.88 Å². The van der Waals surface area contributed by atoms with Crippen LogP contribution in [0.4, 0.5) is 0 Å². The number of aliphatic hydroxyl groups is 1. The zero-order valence-electron chi connectivity index (χ0n) is 16.3. The van der Waals surface area contributed by atoms with Crippen LogP contribution in [0.15, 0.2) is 54.4 Å². The van der Waals surface area contributed by atoms with Crippen molar-refractivity contribution < 1.29 is 19.4 Å². The predicted molar refractivity (Wildman–Crippen MR) is 110 cm³/mol. The summed E-state index contributed by atoms with van der Waals surface area (Å²) in [4.78, 5) is 31.2. The normalized spacial score (nSPS) is 18.6. The van der Waals surface area contributed by atoms with E-state index in [0.29, 0.717) is 35.7 Å². The number of hydrogen-bond acceptors (Lipinski definition) is 5. The van der Waals surface area contributed by atoms with E-state index in [4.69, 9.17) is 16.3 Å². The minimum atomic E-state index is -0.721. The molecule has 0 spiro atoms. The Hall–Kier alpha value is -2.70. The topological polar surface area (TPSA) is 79.7 Å². The number of ketones is 1. The number of nitrogens with zero attached hydrogens (tertiary/aromatic N) is 2. The number of likely N-dealkylation sites (tertiary alicyclic amines) is 1. The van der Waals surface area contributed by atoms with E-state index in [9.17, 15) is 14.7 Å². The Balaban J connectivity index is 2.01. The van der Waals surface area contributed by atoms with Crippen molar-refractivity contribution >= 4 is 29.1 Å². The molecule has 1 aliphatic heterocycles. The Bertz CT molecular complexity index is 927. The summed E-state index contributed by atoms with van der Waals surface area (Å²) in [5.41, 5.74) is 1.07. The van der Waals surface area contributed by atoms with Crippen LogP contribution in [0.25, 0.3) is 5.76 Å². The highest BCUT2D eigenvalue weighted by molar-refractivity contribution is 6.46. The van der Waals surface area contributed by atoms with Crippen molar-refractivity contribution in [3.8, 4) is 0 Å². The van der Waals surface area contributed by atoms with E-state index in [-0.39, 0.29) is 17.4 Å². The molecule has 1 unspecified atom stereocenters. The number of Topliss-reactive ketones (excluding diaryl/α,β-unsaturated/α-hetero) is 1. The van der Waals surface area contributed by atoms with Gasteiger partial charge in [0.2, 0.25) is 0 Å². The van der Waals surface area contributed by atoms with E-state index in [1.54, 1.807) is 48.8 Å². The molecule has 1 aromatic heterocycles. The summed E-state index contributed by atoms with van der Waals surface area (Å²) < 4.78 is 5.55. The summed E-state index contributed by atoms with van der Waals surface area (Å²) in [6, 6.07) is 9.34. The zero-order valence-corrected chi connectivity index (χ0v) is 17.1. The highest BCUT2D eigenvalue weighted by atomic mass is 35.5. The van der Waals surface area contributed by atoms with Crippen LogP contribution in [-0.2, 0) is 14.3 Å². The van der Waals surface area contributed by atoms with Crippen LogP contribution in [0, 0.1) is 0 Å². The minimum Gasteiger partial charge on any atom is -0.507 e. The number of carbonyl (C=O) groups is 2. The highest BCUT2D eigenvalue weighted by Crippen LogP contribution is 2.39. The molecule has 152 valence electrons. The number of aliphatic hydroxyl groups excluding tert-OH is 1. The van der Waals surface area contributed by atoms with Gasteiger partial charge in [0.15, 0.2) is 0 Å². The SMILES string of the molecule is CC(C)OCCCN1C(=O)C(=O)/C(=C(\O)c2cccc(Cl)c2)C1c1cccnc1. The molecule has 2 heterocycles. The standard InChI is InChI=1S/C22H23ClN2O4/c1-14(2)29-11-5-10-25-19(16-7-4-9-24-13-16)18(21(27)22(25)28)20(26)15-6-3-8-17(23)12-15/h3-4,6-9,12-14,19,26H,5,10-11H2,1-2H3/b20-18-. The maximum absolute atomic E-state index is 12.8. The third-order valence-corrected chi connectivity index (χ3v) is 4.87. The van der Waals surface area contributed by atoms with E-state index in [1.165, 1.54) is 4.90 Å². The first-order valence-electron chi connectivity index (χ1n) is 9.46. The molecule has 0 saturated carbocycles. The van der Waals surface area contributed by atoms with E-state index >= 15 is 0 Å². The van der Waals surface area contributed by atoms with Crippen molar-refractivity contribution in [3.05, 3.63) is 70.5 Å². The molecular formula is C22H23ClN2O4. The minimum absolute atomic E-state index is 0.0371. The second-order valence-electron chi connectivity index (χ2n) is 7.06. The molecule has 1 aromatic carbocycles. The molecule has 2 aromatic rings. The number of carbonyl (C=O) groups excluding carboxylic acids is 2. The lowest BCUT2D eigenvalue weighted by Gasteiger charge is -2.25. The lowest BCUT2D eigenvalue weighted by atomic mass is 9.96. The van der Waals surface area contributed by atoms with E-state index in [0.717, 1.165) is 0 Å². The van der Waals surface area contributed by atoms with Crippen LogP contribution >= 0.6 is 11.6 Å². The number of rotatable bonds is 7. The fraction of sp³-hybridized carbons (Fsp3) is 0.318. The van der Waals surface area contributed by atoms with Gasteiger partial charge in [-0.05, 0) is 44.0 Å². The number of benzene rings is 1. The van der Waals surface area contributed by atoms with Crippen LogP contribution < -0.4 is 0 Å². The summed E-state index contributed by atoms with van der Waals surface area (Å²) >= 11 is 6.03. The van der Waals surface area contributed by atoms with E-state index < -0.39 is 17.7 Å². The molecule has 1 aliphatic rings. The third-order valence-electron chi connectivity index (χ3n) is 4.63. The average Bonchev–Trinajstić information content (AvgIpc) is 2.96. The van der Waals surface area contributed by atoms with Crippen molar-refractivity contribution in [3.63, 3.8) is 0 Å². The summed E-state index contributed by atoms with van der Waals surface area (Å²) in [5.74, 6) is -1.62. The monoisotopic (exact) mass is 414 g/mol. The smallest absolute Gasteiger partial charge is 0.295 e. The number of hydrogen-bond donors (Lipinski definition) is 1. The molecule has 7 heteroatoms. The average molecular weight is 415 g/mol. The van der Waals surface area contributed by atoms with Gasteiger partial charge in [-0.2, -0.15) is 0 Å². The largest absolute Gasteiger partial charge is 0.507 e. The lowest BCUT2D eigenvalue weighted by Crippen LogP contribution is -2.31. The van der Waals surface area contributed by atoms with Gasteiger partial charge in [-0.1, -0.05) is 29.8 Å². The molecule has 0 bridgehead atoms. The Labute approximate surface area is 174 Å². The maximum Gasteiger partial charge on any atom is 0.295 e. The lowest BCUT2D eigenvalue weighted by molar-refractivity contribution is -0.140. The summed E-state index contributed by atoms with van der Waals surface area (Å²) in [5, 5.41) is 11.3. The van der Waals surface area contributed by atoms with Gasteiger partial charge in [0.1, 0.15) is 5.76 Å². The predicted octanol–water partition coefficient (Wildman–Crippen LogP) is 3.97. The Morgan fingerprint density at radius 2 is 2.07 bits per heavy atom. The van der Waals surface area contributed by atoms with Gasteiger partial charge in [-0.25, -0.2) is 0 Å². The van der Waals surface area contributed by atoms with Gasteiger partial charge in [-0.15, -0.1) is 0 Å². The quantitative estimate of drug-likeness (QED) is 0.321. The molecule has 1 saturated heterocycles. The van der Waals surface area contributed by atoms with Gasteiger partial charge < -0.3 is 14.7 Å². The molecule has 1 N–H and O–H groups in total. The molecule has 0 radical (unpaired) electrons. The number of aromatic nitrogens is 1. The molecule has 6 nitrogen and oxygen atoms in total. The Morgan fingerprint density at radius 3 is 2.72 bits per heavy atom. The van der Waals surface area contributed by atoms with E-state index in [2.05, 4.69) is 4.98 Å². The molecule has 1 amide bonds. The fourth-order valence-corrected chi connectivity index (χ4v) is 3.53.